The molecule has 1 aromatic heterocycles. The van der Waals surface area contributed by atoms with Crippen LogP contribution in [0.3, 0.4) is 0 Å². The molecule has 2 N–H and O–H groups in total. The highest BCUT2D eigenvalue weighted by Gasteiger charge is 2.30. The minimum Gasteiger partial charge on any atom is -0.377 e. The molecule has 2 heterocycles. The number of nitrogens with two attached hydrogens (primary N) is 1. The molecule has 96 valence electrons. The lowest BCUT2D eigenvalue weighted by Gasteiger charge is -2.24. The number of ether oxygens (including phenoxy) is 1. The first kappa shape index (κ1) is 12.9. The van der Waals surface area contributed by atoms with E-state index in [0.29, 0.717) is 16.6 Å². The van der Waals surface area contributed by atoms with Gasteiger partial charge in [0.25, 0.3) is 0 Å². The van der Waals surface area contributed by atoms with Gasteiger partial charge in [-0.05, 0) is 20.3 Å². The Morgan fingerprint density at radius 1 is 1.65 bits per heavy atom. The van der Waals surface area contributed by atoms with Crippen molar-refractivity contribution in [2.75, 3.05) is 6.61 Å². The number of hydrogen-bond acceptors (Lipinski definition) is 4. The van der Waals surface area contributed by atoms with E-state index in [1.807, 2.05) is 29.7 Å². The number of thioether (sulfide) groups is 1. The van der Waals surface area contributed by atoms with Crippen LogP contribution in [0.15, 0.2) is 12.4 Å². The average Bonchev–Trinajstić information content (AvgIpc) is 2.84. The third kappa shape index (κ3) is 3.03. The molecule has 5 heteroatoms. The van der Waals surface area contributed by atoms with E-state index in [1.165, 1.54) is 5.56 Å². The van der Waals surface area contributed by atoms with Crippen molar-refractivity contribution in [3.05, 3.63) is 18.0 Å². The van der Waals surface area contributed by atoms with Crippen LogP contribution in [0.4, 0.5) is 0 Å². The maximum Gasteiger partial charge on any atom is 0.0666 e. The van der Waals surface area contributed by atoms with Crippen molar-refractivity contribution in [1.29, 1.82) is 0 Å². The fraction of sp³-hybridized carbons (Fsp3) is 0.750. The first-order valence-electron chi connectivity index (χ1n) is 6.09. The van der Waals surface area contributed by atoms with E-state index < -0.39 is 0 Å². The van der Waals surface area contributed by atoms with E-state index in [-0.39, 0.29) is 6.04 Å². The summed E-state index contributed by atoms with van der Waals surface area (Å²) in [6.07, 6.45) is 5.43. The molecule has 4 unspecified atom stereocenters. The van der Waals surface area contributed by atoms with Crippen molar-refractivity contribution in [1.82, 2.24) is 9.78 Å². The van der Waals surface area contributed by atoms with Gasteiger partial charge < -0.3 is 10.5 Å². The summed E-state index contributed by atoms with van der Waals surface area (Å²) >= 11 is 1.93. The molecule has 0 amide bonds. The Hall–Kier alpha value is -0.520. The van der Waals surface area contributed by atoms with Crippen LogP contribution in [0.2, 0.25) is 0 Å². The van der Waals surface area contributed by atoms with Crippen molar-refractivity contribution in [3.8, 4) is 0 Å². The number of hydrogen-bond donors (Lipinski definition) is 1. The van der Waals surface area contributed by atoms with Gasteiger partial charge in [-0.15, -0.1) is 11.8 Å². The third-order valence-electron chi connectivity index (χ3n) is 3.16. The van der Waals surface area contributed by atoms with Crippen LogP contribution < -0.4 is 5.73 Å². The van der Waals surface area contributed by atoms with E-state index in [1.54, 1.807) is 0 Å². The van der Waals surface area contributed by atoms with E-state index >= 15 is 0 Å². The van der Waals surface area contributed by atoms with Gasteiger partial charge in [0.2, 0.25) is 0 Å². The summed E-state index contributed by atoms with van der Waals surface area (Å²) in [5.41, 5.74) is 7.32. The van der Waals surface area contributed by atoms with Crippen LogP contribution in [0, 0.1) is 0 Å². The molecule has 1 aromatic rings. The summed E-state index contributed by atoms with van der Waals surface area (Å²) in [6.45, 7) is 5.08. The maximum atomic E-state index is 6.10. The molecule has 0 spiro atoms. The first-order valence-corrected chi connectivity index (χ1v) is 7.03. The van der Waals surface area contributed by atoms with Gasteiger partial charge in [-0.2, -0.15) is 5.10 Å². The van der Waals surface area contributed by atoms with Crippen molar-refractivity contribution in [2.45, 2.75) is 42.9 Å². The van der Waals surface area contributed by atoms with Gasteiger partial charge in [0.15, 0.2) is 0 Å². The topological polar surface area (TPSA) is 53.1 Å². The van der Waals surface area contributed by atoms with Crippen LogP contribution in [-0.2, 0) is 11.8 Å². The lowest BCUT2D eigenvalue weighted by atomic mass is 10.1. The molecule has 17 heavy (non-hydrogen) atoms. The monoisotopic (exact) mass is 255 g/mol. The molecular formula is C12H21N3OS. The zero-order valence-corrected chi connectivity index (χ0v) is 11.5. The minimum absolute atomic E-state index is 0.122. The number of aromatic nitrogens is 2. The summed E-state index contributed by atoms with van der Waals surface area (Å²) in [5, 5.41) is 5.08. The molecule has 1 fully saturated rings. The Bertz CT molecular complexity index is 366. The highest BCUT2D eigenvalue weighted by Crippen LogP contribution is 2.39. The summed E-state index contributed by atoms with van der Waals surface area (Å²) in [6, 6.07) is 0.122. The molecule has 0 aromatic carbocycles. The summed E-state index contributed by atoms with van der Waals surface area (Å²) < 4.78 is 7.44. The van der Waals surface area contributed by atoms with Gasteiger partial charge in [-0.1, -0.05) is 0 Å². The zero-order chi connectivity index (χ0) is 12.4. The van der Waals surface area contributed by atoms with Crippen LogP contribution in [0.25, 0.3) is 0 Å². The quantitative estimate of drug-likeness (QED) is 0.890. The molecule has 1 aliphatic heterocycles. The minimum atomic E-state index is 0.122. The normalized spacial score (nSPS) is 28.2. The summed E-state index contributed by atoms with van der Waals surface area (Å²) in [4.78, 5) is 0. The Morgan fingerprint density at radius 2 is 2.41 bits per heavy atom. The number of rotatable bonds is 4. The first-order chi connectivity index (χ1) is 8.08. The molecule has 1 saturated heterocycles. The fourth-order valence-electron chi connectivity index (χ4n) is 2.17. The van der Waals surface area contributed by atoms with E-state index in [0.717, 1.165) is 13.0 Å². The molecule has 0 radical (unpaired) electrons. The predicted molar refractivity (Wildman–Crippen MR) is 71.0 cm³/mol. The largest absolute Gasteiger partial charge is 0.377 e. The molecule has 2 rings (SSSR count). The van der Waals surface area contributed by atoms with Gasteiger partial charge in [0.1, 0.15) is 0 Å². The van der Waals surface area contributed by atoms with Gasteiger partial charge in [-0.25, -0.2) is 0 Å². The molecular weight excluding hydrogens is 234 g/mol. The Labute approximate surface area is 107 Å². The summed E-state index contributed by atoms with van der Waals surface area (Å²) in [5.74, 6) is 0. The van der Waals surface area contributed by atoms with Crippen molar-refractivity contribution in [2.24, 2.45) is 12.8 Å². The summed E-state index contributed by atoms with van der Waals surface area (Å²) in [7, 11) is 1.94. The molecule has 0 aliphatic carbocycles. The average molecular weight is 255 g/mol. The van der Waals surface area contributed by atoms with Crippen molar-refractivity contribution >= 4 is 11.8 Å². The molecule has 4 atom stereocenters. The smallest absolute Gasteiger partial charge is 0.0666 e. The lowest BCUT2D eigenvalue weighted by Crippen LogP contribution is -2.26. The number of nitrogens with zero attached hydrogens (tertiary/aromatic N) is 2. The second-order valence-corrected chi connectivity index (χ2v) is 6.15. The zero-order valence-electron chi connectivity index (χ0n) is 10.7. The molecule has 1 aliphatic rings. The fourth-order valence-corrected chi connectivity index (χ4v) is 3.61. The van der Waals surface area contributed by atoms with Crippen LogP contribution in [0.1, 0.15) is 31.1 Å². The predicted octanol–water partition coefficient (Wildman–Crippen LogP) is 1.72. The Kier molecular flexibility index (Phi) is 4.12. The second kappa shape index (κ2) is 5.42. The van der Waals surface area contributed by atoms with Gasteiger partial charge in [0, 0.05) is 42.0 Å². The van der Waals surface area contributed by atoms with Crippen LogP contribution >= 0.6 is 11.8 Å². The van der Waals surface area contributed by atoms with Crippen LogP contribution in [0.5, 0.6) is 0 Å². The highest BCUT2D eigenvalue weighted by atomic mass is 32.2. The SMILES string of the molecule is CC(N)C(SC1CCOC1C)c1cnn(C)c1. The molecule has 0 bridgehead atoms. The van der Waals surface area contributed by atoms with E-state index in [9.17, 15) is 0 Å². The Morgan fingerprint density at radius 3 is 2.88 bits per heavy atom. The number of aryl methyl sites for hydroxylation is 1. The van der Waals surface area contributed by atoms with E-state index in [4.69, 9.17) is 10.5 Å². The maximum absolute atomic E-state index is 6.10. The van der Waals surface area contributed by atoms with Gasteiger partial charge in [0.05, 0.1) is 12.3 Å². The molecule has 4 nitrogen and oxygen atoms in total. The standard InChI is InChI=1S/C12H21N3OS/c1-8(13)12(10-6-14-15(3)7-10)17-11-4-5-16-9(11)2/h6-9,11-12H,4-5,13H2,1-3H3. The van der Waals surface area contributed by atoms with Gasteiger partial charge >= 0.3 is 0 Å². The van der Waals surface area contributed by atoms with Crippen molar-refractivity contribution in [3.63, 3.8) is 0 Å². The van der Waals surface area contributed by atoms with Crippen molar-refractivity contribution < 1.29 is 4.74 Å². The third-order valence-corrected chi connectivity index (χ3v) is 5.12. The second-order valence-electron chi connectivity index (χ2n) is 4.77. The Balaban J connectivity index is 2.07. The molecule has 0 saturated carbocycles. The van der Waals surface area contributed by atoms with Crippen LogP contribution in [-0.4, -0.2) is 33.8 Å². The van der Waals surface area contributed by atoms with E-state index in [2.05, 4.69) is 25.1 Å². The highest BCUT2D eigenvalue weighted by molar-refractivity contribution is 8.00. The van der Waals surface area contributed by atoms with Gasteiger partial charge in [-0.3, -0.25) is 4.68 Å². The lowest BCUT2D eigenvalue weighted by molar-refractivity contribution is 0.127.